The Balaban J connectivity index is 2.26. The van der Waals surface area contributed by atoms with Crippen molar-refractivity contribution in [2.24, 2.45) is 0 Å². The highest BCUT2D eigenvalue weighted by atomic mass is 19.1. The maximum Gasteiger partial charge on any atom is 0.354 e. The minimum absolute atomic E-state index is 0.0255. The number of aryl methyl sites for hydroxylation is 1. The van der Waals surface area contributed by atoms with E-state index in [9.17, 15) is 14.0 Å². The average molecular weight is 274 g/mol. The van der Waals surface area contributed by atoms with Gasteiger partial charge in [0.1, 0.15) is 17.2 Å². The lowest BCUT2D eigenvalue weighted by Gasteiger charge is -2.07. The summed E-state index contributed by atoms with van der Waals surface area (Å²) in [4.78, 5) is 26.4. The molecule has 0 aliphatic heterocycles. The van der Waals surface area contributed by atoms with E-state index in [2.05, 4.69) is 10.3 Å². The molecular weight excluding hydrogens is 263 g/mol. The summed E-state index contributed by atoms with van der Waals surface area (Å²) in [5, 5.41) is 11.2. The molecule has 0 saturated carbocycles. The van der Waals surface area contributed by atoms with E-state index in [1.807, 2.05) is 0 Å². The summed E-state index contributed by atoms with van der Waals surface area (Å²) < 4.78 is 13.5. The van der Waals surface area contributed by atoms with Crippen molar-refractivity contribution < 1.29 is 19.1 Å². The molecule has 0 spiro atoms. The van der Waals surface area contributed by atoms with Crippen molar-refractivity contribution in [1.29, 1.82) is 0 Å². The molecule has 0 radical (unpaired) electrons. The molecule has 2 N–H and O–H groups in total. The van der Waals surface area contributed by atoms with E-state index in [-0.39, 0.29) is 17.1 Å². The Bertz CT molecular complexity index is 686. The van der Waals surface area contributed by atoms with Crippen LogP contribution in [0.15, 0.2) is 36.4 Å². The van der Waals surface area contributed by atoms with Crippen LogP contribution in [0, 0.1) is 12.7 Å². The predicted octanol–water partition coefficient (Wildman–Crippen LogP) is 2.48. The highest BCUT2D eigenvalue weighted by Crippen LogP contribution is 2.16. The summed E-state index contributed by atoms with van der Waals surface area (Å²) in [5.74, 6) is -2.47. The zero-order chi connectivity index (χ0) is 14.7. The van der Waals surface area contributed by atoms with Gasteiger partial charge in [0.2, 0.25) is 0 Å². The fourth-order valence-electron chi connectivity index (χ4n) is 1.60. The number of nitrogens with zero attached hydrogens (tertiary/aromatic N) is 1. The summed E-state index contributed by atoms with van der Waals surface area (Å²) in [6.07, 6.45) is 0. The van der Waals surface area contributed by atoms with Gasteiger partial charge in [-0.2, -0.15) is 0 Å². The zero-order valence-electron chi connectivity index (χ0n) is 10.6. The van der Waals surface area contributed by atoms with Gasteiger partial charge in [0.15, 0.2) is 0 Å². The molecule has 1 aromatic heterocycles. The lowest BCUT2D eigenvalue weighted by Crippen LogP contribution is -2.16. The van der Waals surface area contributed by atoms with E-state index in [1.165, 1.54) is 30.3 Å². The molecule has 2 rings (SSSR count). The molecule has 5 nitrogen and oxygen atoms in total. The van der Waals surface area contributed by atoms with Crippen molar-refractivity contribution >= 4 is 17.6 Å². The van der Waals surface area contributed by atoms with Crippen LogP contribution in [0.3, 0.4) is 0 Å². The lowest BCUT2D eigenvalue weighted by molar-refractivity contribution is 0.0690. The molecule has 0 aliphatic carbocycles. The second-order valence-corrected chi connectivity index (χ2v) is 4.15. The number of anilines is 1. The SMILES string of the molecule is Cc1ccc(F)c(NC(=O)c2cccc(C(=O)O)n2)c1. The highest BCUT2D eigenvalue weighted by Gasteiger charge is 2.13. The maximum absolute atomic E-state index is 13.5. The van der Waals surface area contributed by atoms with E-state index in [4.69, 9.17) is 5.11 Å². The molecule has 0 atom stereocenters. The van der Waals surface area contributed by atoms with E-state index >= 15 is 0 Å². The molecule has 1 heterocycles. The van der Waals surface area contributed by atoms with E-state index in [0.717, 1.165) is 5.56 Å². The first-order valence-corrected chi connectivity index (χ1v) is 5.75. The lowest BCUT2D eigenvalue weighted by atomic mass is 10.2. The Morgan fingerprint density at radius 2 is 1.90 bits per heavy atom. The molecule has 0 fully saturated rings. The first-order valence-electron chi connectivity index (χ1n) is 5.75. The monoisotopic (exact) mass is 274 g/mol. The largest absolute Gasteiger partial charge is 0.477 e. The second kappa shape index (κ2) is 5.48. The van der Waals surface area contributed by atoms with Crippen molar-refractivity contribution in [2.45, 2.75) is 6.92 Å². The molecule has 0 bridgehead atoms. The number of aromatic nitrogens is 1. The van der Waals surface area contributed by atoms with Gasteiger partial charge in [-0.05, 0) is 36.8 Å². The van der Waals surface area contributed by atoms with Gasteiger partial charge in [-0.15, -0.1) is 0 Å². The molecule has 1 aromatic carbocycles. The predicted molar refractivity (Wildman–Crippen MR) is 70.3 cm³/mol. The summed E-state index contributed by atoms with van der Waals surface area (Å²) in [6, 6.07) is 8.33. The van der Waals surface area contributed by atoms with Crippen molar-refractivity contribution in [2.75, 3.05) is 5.32 Å². The zero-order valence-corrected chi connectivity index (χ0v) is 10.6. The third kappa shape index (κ3) is 2.97. The number of carboxylic acids is 1. The van der Waals surface area contributed by atoms with Crippen LogP contribution < -0.4 is 5.32 Å². The number of rotatable bonds is 3. The molecule has 0 unspecified atom stereocenters. The van der Waals surface area contributed by atoms with Crippen LogP contribution in [0.25, 0.3) is 0 Å². The third-order valence-electron chi connectivity index (χ3n) is 2.57. The summed E-state index contributed by atoms with van der Waals surface area (Å²) >= 11 is 0. The van der Waals surface area contributed by atoms with E-state index in [0.29, 0.717) is 0 Å². The molecule has 2 aromatic rings. The van der Waals surface area contributed by atoms with Gasteiger partial charge in [0, 0.05) is 0 Å². The van der Waals surface area contributed by atoms with Crippen molar-refractivity contribution in [3.05, 3.63) is 59.2 Å². The Morgan fingerprint density at radius 3 is 2.60 bits per heavy atom. The number of carbonyl (C=O) groups excluding carboxylic acids is 1. The number of amides is 1. The Morgan fingerprint density at radius 1 is 1.20 bits per heavy atom. The topological polar surface area (TPSA) is 79.3 Å². The van der Waals surface area contributed by atoms with Crippen LogP contribution in [0.4, 0.5) is 10.1 Å². The number of aromatic carboxylic acids is 1. The minimum atomic E-state index is -1.23. The first kappa shape index (κ1) is 13.7. The second-order valence-electron chi connectivity index (χ2n) is 4.15. The molecule has 0 aliphatic rings. The summed E-state index contributed by atoms with van der Waals surface area (Å²) in [5.41, 5.74) is 0.472. The molecule has 0 saturated heterocycles. The minimum Gasteiger partial charge on any atom is -0.477 e. The number of pyridine rings is 1. The first-order chi connectivity index (χ1) is 9.47. The maximum atomic E-state index is 13.5. The standard InChI is InChI=1S/C14H11FN2O3/c1-8-5-6-9(15)12(7-8)17-13(18)10-3-2-4-11(16-10)14(19)20/h2-7H,1H3,(H,17,18)(H,19,20). The van der Waals surface area contributed by atoms with Gasteiger partial charge in [-0.3, -0.25) is 4.79 Å². The average Bonchev–Trinajstić information content (AvgIpc) is 2.43. The highest BCUT2D eigenvalue weighted by molar-refractivity contribution is 6.03. The van der Waals surface area contributed by atoms with E-state index < -0.39 is 17.7 Å². The van der Waals surface area contributed by atoms with E-state index in [1.54, 1.807) is 13.0 Å². The number of hydrogen-bond donors (Lipinski definition) is 2. The number of carbonyl (C=O) groups is 2. The van der Waals surface area contributed by atoms with Gasteiger partial charge in [0.05, 0.1) is 5.69 Å². The van der Waals surface area contributed by atoms with Gasteiger partial charge in [-0.1, -0.05) is 12.1 Å². The Hall–Kier alpha value is -2.76. The summed E-state index contributed by atoms with van der Waals surface area (Å²) in [7, 11) is 0. The van der Waals surface area contributed by atoms with Crippen molar-refractivity contribution in [3.63, 3.8) is 0 Å². The van der Waals surface area contributed by atoms with Gasteiger partial charge in [-0.25, -0.2) is 14.2 Å². The number of halogens is 1. The Labute approximate surface area is 114 Å². The molecule has 1 amide bonds. The fraction of sp³-hybridized carbons (Fsp3) is 0.0714. The third-order valence-corrected chi connectivity index (χ3v) is 2.57. The van der Waals surface area contributed by atoms with Gasteiger partial charge < -0.3 is 10.4 Å². The van der Waals surface area contributed by atoms with Crippen LogP contribution in [0.2, 0.25) is 0 Å². The summed E-state index contributed by atoms with van der Waals surface area (Å²) in [6.45, 7) is 1.76. The van der Waals surface area contributed by atoms with Crippen LogP contribution in [0.5, 0.6) is 0 Å². The van der Waals surface area contributed by atoms with Crippen LogP contribution in [-0.2, 0) is 0 Å². The van der Waals surface area contributed by atoms with Gasteiger partial charge >= 0.3 is 5.97 Å². The van der Waals surface area contributed by atoms with Crippen LogP contribution >= 0.6 is 0 Å². The number of hydrogen-bond acceptors (Lipinski definition) is 3. The fourth-order valence-corrected chi connectivity index (χ4v) is 1.60. The normalized spacial score (nSPS) is 10.1. The Kier molecular flexibility index (Phi) is 3.74. The smallest absolute Gasteiger partial charge is 0.354 e. The number of benzene rings is 1. The van der Waals surface area contributed by atoms with Crippen molar-refractivity contribution in [3.8, 4) is 0 Å². The van der Waals surface area contributed by atoms with Crippen molar-refractivity contribution in [1.82, 2.24) is 4.98 Å². The molecule has 20 heavy (non-hydrogen) atoms. The number of carboxylic acid groups (broad SMARTS) is 1. The van der Waals surface area contributed by atoms with Gasteiger partial charge in [0.25, 0.3) is 5.91 Å². The molecular formula is C14H11FN2O3. The molecule has 102 valence electrons. The number of nitrogens with one attached hydrogen (secondary N) is 1. The van der Waals surface area contributed by atoms with Crippen LogP contribution in [-0.4, -0.2) is 22.0 Å². The molecule has 6 heteroatoms. The quantitative estimate of drug-likeness (QED) is 0.901. The van der Waals surface area contributed by atoms with Crippen LogP contribution in [0.1, 0.15) is 26.5 Å².